The van der Waals surface area contributed by atoms with Crippen molar-refractivity contribution in [2.24, 2.45) is 0 Å². The number of aromatic nitrogens is 3. The fourth-order valence-electron chi connectivity index (χ4n) is 2.14. The van der Waals surface area contributed by atoms with Crippen molar-refractivity contribution in [2.75, 3.05) is 7.11 Å². The zero-order chi connectivity index (χ0) is 15.0. The van der Waals surface area contributed by atoms with Crippen LogP contribution >= 0.6 is 0 Å². The van der Waals surface area contributed by atoms with Gasteiger partial charge in [-0.2, -0.15) is 9.97 Å². The highest BCUT2D eigenvalue weighted by atomic mass is 16.6. The third-order valence-electron chi connectivity index (χ3n) is 3.07. The average Bonchev–Trinajstić information content (AvgIpc) is 2.74. The number of rotatable bonds is 3. The molecule has 0 N–H and O–H groups in total. The lowest BCUT2D eigenvalue weighted by molar-refractivity contribution is 0.0420. The van der Waals surface area contributed by atoms with E-state index in [-0.39, 0.29) is 18.1 Å². The Morgan fingerprint density at radius 2 is 1.95 bits per heavy atom. The number of methoxy groups -OCH3 is 1. The summed E-state index contributed by atoms with van der Waals surface area (Å²) in [5, 5.41) is 0. The average molecular weight is 287 g/mol. The standard InChI is InChI=1S/C14H13N3O4/c1-7-9-5-4-6-10(11(9)12(18)20-7)21-14-16-8(2)15-13(17-14)19-3/h4-7H,1-3H3. The maximum Gasteiger partial charge on any atom is 0.342 e. The Morgan fingerprint density at radius 3 is 2.71 bits per heavy atom. The molecule has 1 unspecified atom stereocenters. The smallest absolute Gasteiger partial charge is 0.342 e. The summed E-state index contributed by atoms with van der Waals surface area (Å²) < 4.78 is 15.8. The topological polar surface area (TPSA) is 83.4 Å². The molecular formula is C14H13N3O4. The molecule has 1 aromatic carbocycles. The number of esters is 1. The van der Waals surface area contributed by atoms with Crippen molar-refractivity contribution in [3.8, 4) is 17.8 Å². The van der Waals surface area contributed by atoms with Crippen LogP contribution in [0.25, 0.3) is 0 Å². The molecule has 3 rings (SSSR count). The maximum atomic E-state index is 11.9. The SMILES string of the molecule is COc1nc(C)nc(Oc2cccc3c2C(=O)OC3C)n1. The molecule has 1 aromatic heterocycles. The molecule has 7 heteroatoms. The van der Waals surface area contributed by atoms with E-state index in [1.165, 1.54) is 7.11 Å². The lowest BCUT2D eigenvalue weighted by atomic mass is 10.1. The largest absolute Gasteiger partial charge is 0.467 e. The minimum absolute atomic E-state index is 0.0695. The van der Waals surface area contributed by atoms with Crippen LogP contribution < -0.4 is 9.47 Å². The van der Waals surface area contributed by atoms with E-state index in [1.54, 1.807) is 19.1 Å². The van der Waals surface area contributed by atoms with Crippen molar-refractivity contribution in [3.05, 3.63) is 35.2 Å². The van der Waals surface area contributed by atoms with Gasteiger partial charge in [0.1, 0.15) is 23.2 Å². The number of carbonyl (C=O) groups is 1. The first-order chi connectivity index (χ1) is 10.1. The predicted molar refractivity (Wildman–Crippen MR) is 71.5 cm³/mol. The zero-order valence-electron chi connectivity index (χ0n) is 11.8. The summed E-state index contributed by atoms with van der Waals surface area (Å²) in [6.45, 7) is 3.51. The first-order valence-corrected chi connectivity index (χ1v) is 6.37. The monoisotopic (exact) mass is 287 g/mol. The lowest BCUT2D eigenvalue weighted by Crippen LogP contribution is -2.03. The second kappa shape index (κ2) is 5.01. The van der Waals surface area contributed by atoms with E-state index in [0.29, 0.717) is 17.1 Å². The minimum atomic E-state index is -0.411. The highest BCUT2D eigenvalue weighted by Crippen LogP contribution is 2.37. The van der Waals surface area contributed by atoms with E-state index < -0.39 is 5.97 Å². The molecule has 0 fully saturated rings. The number of fused-ring (bicyclic) bond motifs is 1. The molecule has 0 spiro atoms. The Labute approximate surface area is 120 Å². The lowest BCUT2D eigenvalue weighted by Gasteiger charge is -2.08. The number of nitrogens with zero attached hydrogens (tertiary/aromatic N) is 3. The molecular weight excluding hydrogens is 274 g/mol. The molecule has 2 aromatic rings. The van der Waals surface area contributed by atoms with E-state index in [0.717, 1.165) is 5.56 Å². The maximum absolute atomic E-state index is 11.9. The number of carbonyl (C=O) groups excluding carboxylic acids is 1. The molecule has 108 valence electrons. The molecule has 1 aliphatic heterocycles. The quantitative estimate of drug-likeness (QED) is 0.800. The second-order valence-electron chi connectivity index (χ2n) is 4.52. The van der Waals surface area contributed by atoms with E-state index in [4.69, 9.17) is 14.2 Å². The van der Waals surface area contributed by atoms with E-state index in [2.05, 4.69) is 15.0 Å². The normalized spacial score (nSPS) is 16.3. The van der Waals surface area contributed by atoms with Crippen molar-refractivity contribution in [1.29, 1.82) is 0 Å². The summed E-state index contributed by atoms with van der Waals surface area (Å²) >= 11 is 0. The van der Waals surface area contributed by atoms with Gasteiger partial charge in [0, 0.05) is 5.56 Å². The highest BCUT2D eigenvalue weighted by Gasteiger charge is 2.31. The summed E-state index contributed by atoms with van der Waals surface area (Å²) in [5.41, 5.74) is 1.19. The van der Waals surface area contributed by atoms with Crippen LogP contribution in [0, 0.1) is 6.92 Å². The molecule has 0 amide bonds. The first-order valence-electron chi connectivity index (χ1n) is 6.37. The van der Waals surface area contributed by atoms with E-state index in [1.807, 2.05) is 13.0 Å². The van der Waals surface area contributed by atoms with Crippen LogP contribution in [-0.2, 0) is 4.74 Å². The van der Waals surface area contributed by atoms with Crippen LogP contribution in [0.2, 0.25) is 0 Å². The number of cyclic esters (lactones) is 1. The van der Waals surface area contributed by atoms with Gasteiger partial charge in [-0.05, 0) is 19.9 Å². The summed E-state index contributed by atoms with van der Waals surface area (Å²) in [4.78, 5) is 23.9. The van der Waals surface area contributed by atoms with Gasteiger partial charge in [-0.15, -0.1) is 4.98 Å². The van der Waals surface area contributed by atoms with Crippen LogP contribution in [0.15, 0.2) is 18.2 Å². The molecule has 0 bridgehead atoms. The molecule has 0 saturated heterocycles. The summed E-state index contributed by atoms with van der Waals surface area (Å²) in [7, 11) is 1.46. The summed E-state index contributed by atoms with van der Waals surface area (Å²) in [5.74, 6) is 0.403. The van der Waals surface area contributed by atoms with E-state index >= 15 is 0 Å². The van der Waals surface area contributed by atoms with E-state index in [9.17, 15) is 4.79 Å². The van der Waals surface area contributed by atoms with Gasteiger partial charge in [-0.25, -0.2) is 4.79 Å². The van der Waals surface area contributed by atoms with Gasteiger partial charge >= 0.3 is 18.0 Å². The van der Waals surface area contributed by atoms with Crippen molar-refractivity contribution < 1.29 is 19.0 Å². The van der Waals surface area contributed by atoms with Crippen LogP contribution in [-0.4, -0.2) is 28.0 Å². The first kappa shape index (κ1) is 13.3. The second-order valence-corrected chi connectivity index (χ2v) is 4.52. The van der Waals surface area contributed by atoms with Crippen LogP contribution in [0.3, 0.4) is 0 Å². The minimum Gasteiger partial charge on any atom is -0.467 e. The summed E-state index contributed by atoms with van der Waals surface area (Å²) in [6.07, 6.45) is -0.286. The van der Waals surface area contributed by atoms with Gasteiger partial charge in [0.2, 0.25) is 0 Å². The molecule has 21 heavy (non-hydrogen) atoms. The number of ether oxygens (including phenoxy) is 3. The predicted octanol–water partition coefficient (Wildman–Crippen LogP) is 2.21. The van der Waals surface area contributed by atoms with Crippen molar-refractivity contribution in [2.45, 2.75) is 20.0 Å². The number of aryl methyl sites for hydroxylation is 1. The van der Waals surface area contributed by atoms with Gasteiger partial charge < -0.3 is 14.2 Å². The van der Waals surface area contributed by atoms with Crippen molar-refractivity contribution in [3.63, 3.8) is 0 Å². The van der Waals surface area contributed by atoms with Gasteiger partial charge in [-0.3, -0.25) is 0 Å². The van der Waals surface area contributed by atoms with Crippen LogP contribution in [0.1, 0.15) is 34.8 Å². The Hall–Kier alpha value is -2.70. The van der Waals surface area contributed by atoms with Gasteiger partial charge in [-0.1, -0.05) is 12.1 Å². The van der Waals surface area contributed by atoms with Crippen LogP contribution in [0.4, 0.5) is 0 Å². The molecule has 0 aliphatic carbocycles. The molecule has 0 saturated carbocycles. The van der Waals surface area contributed by atoms with Crippen LogP contribution in [0.5, 0.6) is 17.8 Å². The Balaban J connectivity index is 2.00. The number of hydrogen-bond donors (Lipinski definition) is 0. The van der Waals surface area contributed by atoms with Crippen molar-refractivity contribution >= 4 is 5.97 Å². The Kier molecular flexibility index (Phi) is 3.17. The Bertz CT molecular complexity index is 717. The van der Waals surface area contributed by atoms with Gasteiger partial charge in [0.05, 0.1) is 7.11 Å². The Morgan fingerprint density at radius 1 is 1.19 bits per heavy atom. The molecule has 1 aliphatic rings. The van der Waals surface area contributed by atoms with Gasteiger partial charge in [0.25, 0.3) is 0 Å². The highest BCUT2D eigenvalue weighted by molar-refractivity contribution is 5.97. The summed E-state index contributed by atoms with van der Waals surface area (Å²) in [6, 6.07) is 5.51. The fraction of sp³-hybridized carbons (Fsp3) is 0.286. The zero-order valence-corrected chi connectivity index (χ0v) is 11.8. The molecule has 1 atom stereocenters. The van der Waals surface area contributed by atoms with Gasteiger partial charge in [0.15, 0.2) is 0 Å². The molecule has 0 radical (unpaired) electrons. The fourth-order valence-corrected chi connectivity index (χ4v) is 2.14. The number of hydrogen-bond acceptors (Lipinski definition) is 7. The number of benzene rings is 1. The molecule has 2 heterocycles. The third-order valence-corrected chi connectivity index (χ3v) is 3.07. The van der Waals surface area contributed by atoms with Crippen molar-refractivity contribution in [1.82, 2.24) is 15.0 Å². The molecule has 7 nitrogen and oxygen atoms in total. The third kappa shape index (κ3) is 2.37.